The van der Waals surface area contributed by atoms with Crippen LogP contribution in [0.3, 0.4) is 0 Å². The van der Waals surface area contributed by atoms with Crippen LogP contribution in [0.1, 0.15) is 31.3 Å². The van der Waals surface area contributed by atoms with Crippen molar-refractivity contribution in [2.75, 3.05) is 0 Å². The molecule has 0 spiro atoms. The molecule has 0 aliphatic carbocycles. The molecule has 0 aliphatic rings. The van der Waals surface area contributed by atoms with Gasteiger partial charge in [0.2, 0.25) is 0 Å². The van der Waals surface area contributed by atoms with Crippen LogP contribution in [0.15, 0.2) is 12.3 Å². The van der Waals surface area contributed by atoms with E-state index in [2.05, 4.69) is 5.10 Å². The lowest BCUT2D eigenvalue weighted by Crippen LogP contribution is -2.29. The number of hydrogen-bond acceptors (Lipinski definition) is 3. The van der Waals surface area contributed by atoms with Crippen LogP contribution in [0, 0.1) is 0 Å². The molecule has 0 aromatic carbocycles. The minimum atomic E-state index is -4.73. The fraction of sp³-hybridized carbons (Fsp3) is 0.556. The maximum atomic E-state index is 12.4. The van der Waals surface area contributed by atoms with Crippen LogP contribution in [0.2, 0.25) is 0 Å². The van der Waals surface area contributed by atoms with E-state index in [1.165, 1.54) is 0 Å². The molecule has 0 unspecified atom stereocenters. The summed E-state index contributed by atoms with van der Waals surface area (Å²) < 4.78 is 41.6. The smallest absolute Gasteiger partial charge is 0.455 e. The molecule has 0 saturated carbocycles. The Labute approximate surface area is 90.0 Å². The zero-order valence-corrected chi connectivity index (χ0v) is 9.00. The summed E-state index contributed by atoms with van der Waals surface area (Å²) in [6.45, 7) is 4.71. The standard InChI is InChI=1S/C9H11F3N2O2/c1-8(2,3)16-7(15)6-4-5-13-14(6)9(10,11)12/h4-5H,1-3H3. The highest BCUT2D eigenvalue weighted by Crippen LogP contribution is 2.24. The summed E-state index contributed by atoms with van der Waals surface area (Å²) in [5.74, 6) is -1.05. The summed E-state index contributed by atoms with van der Waals surface area (Å²) in [6, 6.07) is 0.960. The molecule has 0 amide bonds. The van der Waals surface area contributed by atoms with E-state index in [0.717, 1.165) is 12.3 Å². The van der Waals surface area contributed by atoms with Crippen LogP contribution in [0.25, 0.3) is 0 Å². The summed E-state index contributed by atoms with van der Waals surface area (Å²) in [5, 5.41) is 3.03. The molecule has 0 atom stereocenters. The van der Waals surface area contributed by atoms with Gasteiger partial charge in [-0.15, -0.1) is 13.2 Å². The maximum absolute atomic E-state index is 12.4. The minimum absolute atomic E-state index is 0.318. The molecule has 1 aromatic rings. The summed E-state index contributed by atoms with van der Waals surface area (Å²) >= 11 is 0. The van der Waals surface area contributed by atoms with Crippen molar-refractivity contribution < 1.29 is 22.7 Å². The van der Waals surface area contributed by atoms with Crippen molar-refractivity contribution in [1.29, 1.82) is 0 Å². The first-order chi connectivity index (χ1) is 7.11. The normalized spacial score (nSPS) is 12.6. The van der Waals surface area contributed by atoms with E-state index in [4.69, 9.17) is 4.74 Å². The molecular weight excluding hydrogens is 225 g/mol. The molecule has 0 saturated heterocycles. The van der Waals surface area contributed by atoms with E-state index < -0.39 is 23.6 Å². The predicted octanol–water partition coefficient (Wildman–Crippen LogP) is 2.31. The van der Waals surface area contributed by atoms with Gasteiger partial charge in [0.05, 0.1) is 6.20 Å². The largest absolute Gasteiger partial charge is 0.505 e. The highest BCUT2D eigenvalue weighted by Gasteiger charge is 2.36. The number of alkyl halides is 3. The predicted molar refractivity (Wildman–Crippen MR) is 48.7 cm³/mol. The second kappa shape index (κ2) is 3.80. The first kappa shape index (κ1) is 12.5. The topological polar surface area (TPSA) is 44.1 Å². The van der Waals surface area contributed by atoms with Crippen molar-refractivity contribution >= 4 is 5.97 Å². The Kier molecular flexibility index (Phi) is 2.98. The summed E-state index contributed by atoms with van der Waals surface area (Å²) in [6.07, 6.45) is -3.83. The number of carbonyl (C=O) groups excluding carboxylic acids is 1. The Balaban J connectivity index is 2.98. The van der Waals surface area contributed by atoms with Gasteiger partial charge in [-0.1, -0.05) is 0 Å². The Morgan fingerprint density at radius 2 is 1.94 bits per heavy atom. The number of carbonyl (C=O) groups is 1. The second-order valence-corrected chi connectivity index (χ2v) is 4.10. The third-order valence-electron chi connectivity index (χ3n) is 1.49. The zero-order chi connectivity index (χ0) is 12.6. The van der Waals surface area contributed by atoms with Crippen molar-refractivity contribution in [3.05, 3.63) is 18.0 Å². The molecule has 1 rings (SSSR count). The van der Waals surface area contributed by atoms with Crippen LogP contribution in [-0.2, 0) is 11.0 Å². The monoisotopic (exact) mass is 236 g/mol. The van der Waals surface area contributed by atoms with Crippen molar-refractivity contribution in [3.63, 3.8) is 0 Å². The van der Waals surface area contributed by atoms with Crippen molar-refractivity contribution in [2.45, 2.75) is 32.7 Å². The quantitative estimate of drug-likeness (QED) is 0.703. The number of halogens is 3. The second-order valence-electron chi connectivity index (χ2n) is 4.10. The van der Waals surface area contributed by atoms with Crippen LogP contribution in [0.4, 0.5) is 13.2 Å². The van der Waals surface area contributed by atoms with E-state index in [-0.39, 0.29) is 4.68 Å². The molecule has 0 aliphatic heterocycles. The number of nitrogens with zero attached hydrogens (tertiary/aromatic N) is 2. The molecule has 1 aromatic heterocycles. The van der Waals surface area contributed by atoms with Gasteiger partial charge >= 0.3 is 12.3 Å². The molecule has 0 fully saturated rings. The lowest BCUT2D eigenvalue weighted by atomic mass is 10.2. The molecule has 7 heteroatoms. The van der Waals surface area contributed by atoms with Gasteiger partial charge in [0.1, 0.15) is 5.60 Å². The Morgan fingerprint density at radius 1 is 1.38 bits per heavy atom. The SMILES string of the molecule is CC(C)(C)OC(=O)c1ccnn1C(F)(F)F. The van der Waals surface area contributed by atoms with Crippen LogP contribution < -0.4 is 0 Å². The first-order valence-electron chi connectivity index (χ1n) is 4.46. The average Bonchev–Trinajstić information content (AvgIpc) is 2.45. The molecule has 90 valence electrons. The number of rotatable bonds is 1. The van der Waals surface area contributed by atoms with Gasteiger partial charge in [0.15, 0.2) is 5.69 Å². The van der Waals surface area contributed by atoms with Crippen molar-refractivity contribution in [1.82, 2.24) is 9.78 Å². The van der Waals surface area contributed by atoms with E-state index in [1.54, 1.807) is 20.8 Å². The maximum Gasteiger partial charge on any atom is 0.505 e. The summed E-state index contributed by atoms with van der Waals surface area (Å²) in [5.41, 5.74) is -1.49. The van der Waals surface area contributed by atoms with Gasteiger partial charge in [-0.3, -0.25) is 0 Å². The molecule has 16 heavy (non-hydrogen) atoms. The van der Waals surface area contributed by atoms with Gasteiger partial charge in [0, 0.05) is 0 Å². The third-order valence-corrected chi connectivity index (χ3v) is 1.49. The number of hydrogen-bond donors (Lipinski definition) is 0. The van der Waals surface area contributed by atoms with Crippen molar-refractivity contribution in [2.24, 2.45) is 0 Å². The van der Waals surface area contributed by atoms with Crippen LogP contribution in [0.5, 0.6) is 0 Å². The van der Waals surface area contributed by atoms with Crippen molar-refractivity contribution in [3.8, 4) is 0 Å². The zero-order valence-electron chi connectivity index (χ0n) is 9.00. The van der Waals surface area contributed by atoms with Gasteiger partial charge in [-0.2, -0.15) is 9.78 Å². The number of aromatic nitrogens is 2. The van der Waals surface area contributed by atoms with E-state index in [0.29, 0.717) is 0 Å². The first-order valence-corrected chi connectivity index (χ1v) is 4.46. The molecule has 1 heterocycles. The Bertz CT molecular complexity index is 390. The van der Waals surface area contributed by atoms with Gasteiger partial charge in [-0.05, 0) is 26.8 Å². The highest BCUT2D eigenvalue weighted by atomic mass is 19.4. The lowest BCUT2D eigenvalue weighted by Gasteiger charge is -2.20. The lowest BCUT2D eigenvalue weighted by molar-refractivity contribution is -0.213. The molecular formula is C9H11F3N2O2. The van der Waals surface area contributed by atoms with Crippen LogP contribution >= 0.6 is 0 Å². The Morgan fingerprint density at radius 3 is 2.38 bits per heavy atom. The molecule has 0 bridgehead atoms. The third kappa shape index (κ3) is 2.98. The summed E-state index contributed by atoms with van der Waals surface area (Å²) in [7, 11) is 0. The fourth-order valence-electron chi connectivity index (χ4n) is 0.990. The molecule has 4 nitrogen and oxygen atoms in total. The minimum Gasteiger partial charge on any atom is -0.455 e. The number of esters is 1. The highest BCUT2D eigenvalue weighted by molar-refractivity contribution is 5.87. The number of ether oxygens (including phenoxy) is 1. The molecule has 0 radical (unpaired) electrons. The van der Waals surface area contributed by atoms with E-state index in [9.17, 15) is 18.0 Å². The van der Waals surface area contributed by atoms with E-state index >= 15 is 0 Å². The average molecular weight is 236 g/mol. The van der Waals surface area contributed by atoms with Gasteiger partial charge in [-0.25, -0.2) is 4.79 Å². The fourth-order valence-corrected chi connectivity index (χ4v) is 0.990. The van der Waals surface area contributed by atoms with E-state index in [1.807, 2.05) is 0 Å². The Hall–Kier alpha value is -1.53. The van der Waals surface area contributed by atoms with Crippen LogP contribution in [-0.4, -0.2) is 21.4 Å². The molecule has 0 N–H and O–H groups in total. The van der Waals surface area contributed by atoms with Gasteiger partial charge in [0.25, 0.3) is 0 Å². The van der Waals surface area contributed by atoms with Gasteiger partial charge < -0.3 is 4.74 Å². The summed E-state index contributed by atoms with van der Waals surface area (Å²) in [4.78, 5) is 11.4.